The number of hydrogen-bond donors (Lipinski definition) is 1. The van der Waals surface area contributed by atoms with Gasteiger partial charge < -0.3 is 5.11 Å². The summed E-state index contributed by atoms with van der Waals surface area (Å²) in [5.74, 6) is 0.852. The van der Waals surface area contributed by atoms with Gasteiger partial charge in [-0.05, 0) is 42.9 Å². The topological polar surface area (TPSA) is 37.3 Å². The summed E-state index contributed by atoms with van der Waals surface area (Å²) in [4.78, 5) is 11.3. The van der Waals surface area contributed by atoms with Gasteiger partial charge in [0.1, 0.15) is 0 Å². The predicted octanol–water partition coefficient (Wildman–Crippen LogP) is 2.92. The molecule has 0 saturated heterocycles. The van der Waals surface area contributed by atoms with Crippen molar-refractivity contribution < 1.29 is 9.90 Å². The van der Waals surface area contributed by atoms with Crippen molar-refractivity contribution in [2.45, 2.75) is 46.5 Å². The van der Waals surface area contributed by atoms with E-state index < -0.39 is 11.4 Å². The quantitative estimate of drug-likeness (QED) is 0.750. The van der Waals surface area contributed by atoms with Crippen molar-refractivity contribution in [2.24, 2.45) is 22.7 Å². The number of hydrogen-bond acceptors (Lipinski definition) is 1. The zero-order valence-corrected chi connectivity index (χ0v) is 9.34. The van der Waals surface area contributed by atoms with E-state index in [-0.39, 0.29) is 5.41 Å². The monoisotopic (exact) mass is 196 g/mol. The summed E-state index contributed by atoms with van der Waals surface area (Å²) in [7, 11) is 0. The van der Waals surface area contributed by atoms with Crippen LogP contribution in [-0.4, -0.2) is 11.1 Å². The first-order chi connectivity index (χ1) is 6.39. The standard InChI is InChI=1S/C12H20O2/c1-8(9-4-5-9)6-12(10(13)14)7-11(12,2)3/h8-9H,4-7H2,1-3H3,(H,13,14). The highest BCUT2D eigenvalue weighted by molar-refractivity contribution is 5.79. The molecule has 0 bridgehead atoms. The van der Waals surface area contributed by atoms with Crippen LogP contribution < -0.4 is 0 Å². The third kappa shape index (κ3) is 1.35. The summed E-state index contributed by atoms with van der Waals surface area (Å²) < 4.78 is 0. The van der Waals surface area contributed by atoms with E-state index in [2.05, 4.69) is 20.8 Å². The largest absolute Gasteiger partial charge is 0.481 e. The third-order valence-electron chi connectivity index (χ3n) is 4.42. The van der Waals surface area contributed by atoms with Gasteiger partial charge >= 0.3 is 5.97 Å². The Morgan fingerprint density at radius 1 is 1.50 bits per heavy atom. The molecule has 0 radical (unpaired) electrons. The lowest BCUT2D eigenvalue weighted by Gasteiger charge is -2.20. The van der Waals surface area contributed by atoms with Crippen molar-refractivity contribution in [3.05, 3.63) is 0 Å². The predicted molar refractivity (Wildman–Crippen MR) is 55.0 cm³/mol. The Balaban J connectivity index is 2.03. The van der Waals surface area contributed by atoms with Crippen LogP contribution in [0.2, 0.25) is 0 Å². The van der Waals surface area contributed by atoms with E-state index in [9.17, 15) is 9.90 Å². The Kier molecular flexibility index (Phi) is 1.96. The Bertz CT molecular complexity index is 265. The number of carbonyl (C=O) groups is 1. The summed E-state index contributed by atoms with van der Waals surface area (Å²) >= 11 is 0. The maximum Gasteiger partial charge on any atom is 0.310 e. The van der Waals surface area contributed by atoms with E-state index in [1.165, 1.54) is 12.8 Å². The Morgan fingerprint density at radius 2 is 2.00 bits per heavy atom. The van der Waals surface area contributed by atoms with Crippen molar-refractivity contribution in [1.29, 1.82) is 0 Å². The molecule has 14 heavy (non-hydrogen) atoms. The molecule has 2 nitrogen and oxygen atoms in total. The SMILES string of the molecule is CC(CC1(C(=O)O)CC1(C)C)C1CC1. The molecule has 0 aromatic carbocycles. The normalized spacial score (nSPS) is 36.5. The van der Waals surface area contributed by atoms with E-state index in [0.717, 1.165) is 18.8 Å². The highest BCUT2D eigenvalue weighted by Crippen LogP contribution is 2.67. The van der Waals surface area contributed by atoms with Gasteiger partial charge in [-0.25, -0.2) is 0 Å². The maximum absolute atomic E-state index is 11.3. The van der Waals surface area contributed by atoms with Crippen LogP contribution >= 0.6 is 0 Å². The molecular weight excluding hydrogens is 176 g/mol. The molecule has 0 spiro atoms. The summed E-state index contributed by atoms with van der Waals surface area (Å²) in [6, 6.07) is 0. The zero-order valence-electron chi connectivity index (χ0n) is 9.34. The zero-order chi connectivity index (χ0) is 10.6. The van der Waals surface area contributed by atoms with Gasteiger partial charge in [-0.3, -0.25) is 4.79 Å². The molecule has 0 aromatic rings. The summed E-state index contributed by atoms with van der Waals surface area (Å²) in [6.45, 7) is 6.39. The fourth-order valence-corrected chi connectivity index (χ4v) is 2.89. The van der Waals surface area contributed by atoms with Crippen molar-refractivity contribution in [3.63, 3.8) is 0 Å². The lowest BCUT2D eigenvalue weighted by molar-refractivity contribution is -0.145. The van der Waals surface area contributed by atoms with Gasteiger partial charge in [-0.2, -0.15) is 0 Å². The third-order valence-corrected chi connectivity index (χ3v) is 4.42. The molecule has 2 fully saturated rings. The van der Waals surface area contributed by atoms with Crippen molar-refractivity contribution in [2.75, 3.05) is 0 Å². The van der Waals surface area contributed by atoms with Gasteiger partial charge in [-0.15, -0.1) is 0 Å². The smallest absolute Gasteiger partial charge is 0.310 e. The van der Waals surface area contributed by atoms with Gasteiger partial charge in [0.25, 0.3) is 0 Å². The van der Waals surface area contributed by atoms with Gasteiger partial charge in [0.05, 0.1) is 5.41 Å². The molecule has 0 amide bonds. The van der Waals surface area contributed by atoms with Crippen molar-refractivity contribution in [1.82, 2.24) is 0 Å². The molecule has 2 rings (SSSR count). The van der Waals surface area contributed by atoms with Crippen LogP contribution in [0.5, 0.6) is 0 Å². The molecule has 0 aromatic heterocycles. The lowest BCUT2D eigenvalue weighted by Crippen LogP contribution is -2.24. The van der Waals surface area contributed by atoms with Crippen LogP contribution in [0, 0.1) is 22.7 Å². The van der Waals surface area contributed by atoms with E-state index in [1.807, 2.05) is 0 Å². The van der Waals surface area contributed by atoms with Crippen LogP contribution in [0.25, 0.3) is 0 Å². The Hall–Kier alpha value is -0.530. The average Bonchev–Trinajstić information content (AvgIpc) is 2.87. The second kappa shape index (κ2) is 2.74. The molecule has 2 unspecified atom stereocenters. The Labute approximate surface area is 85.7 Å². The van der Waals surface area contributed by atoms with E-state index in [0.29, 0.717) is 5.92 Å². The summed E-state index contributed by atoms with van der Waals surface area (Å²) in [5.41, 5.74) is -0.364. The highest BCUT2D eigenvalue weighted by atomic mass is 16.4. The van der Waals surface area contributed by atoms with Crippen LogP contribution in [0.4, 0.5) is 0 Å². The minimum absolute atomic E-state index is 0.0297. The molecule has 2 aliphatic carbocycles. The van der Waals surface area contributed by atoms with Crippen LogP contribution in [0.15, 0.2) is 0 Å². The molecular formula is C12H20O2. The fourth-order valence-electron chi connectivity index (χ4n) is 2.89. The second-order valence-corrected chi connectivity index (χ2v) is 5.97. The van der Waals surface area contributed by atoms with Gasteiger partial charge in [-0.1, -0.05) is 20.8 Å². The van der Waals surface area contributed by atoms with E-state index in [1.54, 1.807) is 0 Å². The highest BCUT2D eigenvalue weighted by Gasteiger charge is 2.66. The molecule has 0 heterocycles. The molecule has 1 N–H and O–H groups in total. The molecule has 2 aliphatic rings. The van der Waals surface area contributed by atoms with Crippen molar-refractivity contribution in [3.8, 4) is 0 Å². The first-order valence-corrected chi connectivity index (χ1v) is 5.62. The molecule has 80 valence electrons. The maximum atomic E-state index is 11.3. The van der Waals surface area contributed by atoms with Crippen LogP contribution in [-0.2, 0) is 4.79 Å². The van der Waals surface area contributed by atoms with E-state index in [4.69, 9.17) is 0 Å². The van der Waals surface area contributed by atoms with Gasteiger partial charge in [0.15, 0.2) is 0 Å². The molecule has 2 heteroatoms. The average molecular weight is 196 g/mol. The number of carboxylic acids is 1. The second-order valence-electron chi connectivity index (χ2n) is 5.97. The van der Waals surface area contributed by atoms with Gasteiger partial charge in [0, 0.05) is 0 Å². The molecule has 0 aliphatic heterocycles. The summed E-state index contributed by atoms with van der Waals surface area (Å²) in [6.07, 6.45) is 4.39. The van der Waals surface area contributed by atoms with Gasteiger partial charge in [0.2, 0.25) is 0 Å². The summed E-state index contributed by atoms with van der Waals surface area (Å²) in [5, 5.41) is 9.29. The van der Waals surface area contributed by atoms with Crippen molar-refractivity contribution >= 4 is 5.97 Å². The number of rotatable bonds is 4. The first-order valence-electron chi connectivity index (χ1n) is 5.62. The minimum atomic E-state index is -0.574. The van der Waals surface area contributed by atoms with E-state index >= 15 is 0 Å². The van der Waals surface area contributed by atoms with Crippen LogP contribution in [0.1, 0.15) is 46.5 Å². The fraction of sp³-hybridized carbons (Fsp3) is 0.917. The first kappa shape index (κ1) is 10.0. The molecule has 2 atom stereocenters. The lowest BCUT2D eigenvalue weighted by atomic mass is 9.84. The Morgan fingerprint density at radius 3 is 2.29 bits per heavy atom. The number of carboxylic acid groups (broad SMARTS) is 1. The number of aliphatic carboxylic acids is 1. The molecule has 2 saturated carbocycles. The minimum Gasteiger partial charge on any atom is -0.481 e. The van der Waals surface area contributed by atoms with Crippen LogP contribution in [0.3, 0.4) is 0 Å².